The minimum Gasteiger partial charge on any atom is -0.493 e. The molecule has 0 aliphatic carbocycles. The lowest BCUT2D eigenvalue weighted by Gasteiger charge is -2.14. The number of ether oxygens (including phenoxy) is 4. The third kappa shape index (κ3) is 3.18. The molecule has 0 amide bonds. The van der Waals surface area contributed by atoms with E-state index in [2.05, 4.69) is 20.2 Å². The van der Waals surface area contributed by atoms with Crippen LogP contribution >= 0.6 is 0 Å². The average molecular weight is 392 g/mol. The van der Waals surface area contributed by atoms with Gasteiger partial charge in [-0.3, -0.25) is 5.10 Å². The van der Waals surface area contributed by atoms with Gasteiger partial charge < -0.3 is 18.9 Å². The Kier molecular flexibility index (Phi) is 4.90. The van der Waals surface area contributed by atoms with Gasteiger partial charge in [-0.05, 0) is 29.8 Å². The highest BCUT2D eigenvalue weighted by Gasteiger charge is 2.19. The van der Waals surface area contributed by atoms with Crippen LogP contribution in [0.2, 0.25) is 0 Å². The molecule has 8 heteroatoms. The van der Waals surface area contributed by atoms with Gasteiger partial charge >= 0.3 is 0 Å². The number of nitrogens with zero attached hydrogens (tertiary/aromatic N) is 3. The molecule has 0 spiro atoms. The van der Waals surface area contributed by atoms with Crippen LogP contribution in [-0.4, -0.2) is 48.6 Å². The minimum atomic E-state index is 0.524. The molecule has 29 heavy (non-hydrogen) atoms. The molecule has 4 rings (SSSR count). The number of hydrogen-bond acceptors (Lipinski definition) is 7. The number of aromatic nitrogens is 4. The summed E-state index contributed by atoms with van der Waals surface area (Å²) in [5.41, 5.74) is 4.07. The van der Waals surface area contributed by atoms with Gasteiger partial charge in [0, 0.05) is 29.6 Å². The topological polar surface area (TPSA) is 91.4 Å². The number of fused-ring (bicyclic) bond motifs is 1. The maximum atomic E-state index is 5.49. The Balaban J connectivity index is 1.94. The van der Waals surface area contributed by atoms with Gasteiger partial charge in [0.2, 0.25) is 11.6 Å². The van der Waals surface area contributed by atoms with Gasteiger partial charge in [0.1, 0.15) is 5.69 Å². The summed E-state index contributed by atoms with van der Waals surface area (Å²) < 4.78 is 21.6. The molecule has 1 aromatic carbocycles. The number of rotatable bonds is 6. The molecule has 0 aliphatic rings. The summed E-state index contributed by atoms with van der Waals surface area (Å²) >= 11 is 0. The summed E-state index contributed by atoms with van der Waals surface area (Å²) in [5.74, 6) is 2.18. The van der Waals surface area contributed by atoms with Crippen molar-refractivity contribution < 1.29 is 18.9 Å². The summed E-state index contributed by atoms with van der Waals surface area (Å²) in [6, 6.07) is 9.43. The molecule has 0 aliphatic heterocycles. The van der Waals surface area contributed by atoms with Crippen molar-refractivity contribution in [1.82, 2.24) is 20.2 Å². The first-order valence-corrected chi connectivity index (χ1v) is 8.84. The summed E-state index contributed by atoms with van der Waals surface area (Å²) in [7, 11) is 6.33. The molecule has 0 unspecified atom stereocenters. The maximum absolute atomic E-state index is 5.49. The number of methoxy groups -OCH3 is 4. The van der Waals surface area contributed by atoms with Gasteiger partial charge in [-0.1, -0.05) is 0 Å². The van der Waals surface area contributed by atoms with Crippen LogP contribution in [0.15, 0.2) is 42.7 Å². The first-order chi connectivity index (χ1) is 14.2. The van der Waals surface area contributed by atoms with E-state index in [0.717, 1.165) is 27.8 Å². The van der Waals surface area contributed by atoms with Crippen molar-refractivity contribution in [3.63, 3.8) is 0 Å². The van der Waals surface area contributed by atoms with Crippen molar-refractivity contribution in [1.29, 1.82) is 0 Å². The Labute approximate surface area is 167 Å². The van der Waals surface area contributed by atoms with Crippen LogP contribution in [0.3, 0.4) is 0 Å². The van der Waals surface area contributed by atoms with Crippen LogP contribution in [0.5, 0.6) is 23.1 Å². The second kappa shape index (κ2) is 7.67. The van der Waals surface area contributed by atoms with Gasteiger partial charge in [-0.25, -0.2) is 9.97 Å². The lowest BCUT2D eigenvalue weighted by molar-refractivity contribution is 0.324. The zero-order valence-electron chi connectivity index (χ0n) is 16.5. The summed E-state index contributed by atoms with van der Waals surface area (Å²) in [5, 5.41) is 8.38. The van der Waals surface area contributed by atoms with Gasteiger partial charge in [0.05, 0.1) is 33.8 Å². The molecule has 3 heterocycles. The highest BCUT2D eigenvalue weighted by atomic mass is 16.5. The van der Waals surface area contributed by atoms with Crippen LogP contribution in [0.25, 0.3) is 33.4 Å². The van der Waals surface area contributed by atoms with Crippen LogP contribution in [0, 0.1) is 0 Å². The van der Waals surface area contributed by atoms with E-state index in [0.29, 0.717) is 28.8 Å². The third-order valence-electron chi connectivity index (χ3n) is 4.66. The van der Waals surface area contributed by atoms with Gasteiger partial charge in [-0.2, -0.15) is 5.10 Å². The van der Waals surface area contributed by atoms with E-state index in [9.17, 15) is 0 Å². The van der Waals surface area contributed by atoms with Crippen LogP contribution < -0.4 is 18.9 Å². The Morgan fingerprint density at radius 3 is 2.14 bits per heavy atom. The second-order valence-corrected chi connectivity index (χ2v) is 6.16. The quantitative estimate of drug-likeness (QED) is 0.535. The van der Waals surface area contributed by atoms with Crippen molar-refractivity contribution in [2.24, 2.45) is 0 Å². The average Bonchev–Trinajstić information content (AvgIpc) is 3.22. The Hall–Kier alpha value is -3.81. The molecule has 4 aromatic rings. The van der Waals surface area contributed by atoms with Crippen molar-refractivity contribution in [2.45, 2.75) is 0 Å². The SMILES string of the molecule is COc1ccc(-c2ccnc3[nH]nc(-c4cc(OC)c(OC)c(OC)c4)c23)cn1. The van der Waals surface area contributed by atoms with Gasteiger partial charge in [0.25, 0.3) is 0 Å². The summed E-state index contributed by atoms with van der Waals surface area (Å²) in [6.45, 7) is 0. The van der Waals surface area contributed by atoms with Crippen molar-refractivity contribution in [3.05, 3.63) is 42.7 Å². The number of nitrogens with one attached hydrogen (secondary N) is 1. The minimum absolute atomic E-state index is 0.524. The molecule has 148 valence electrons. The third-order valence-corrected chi connectivity index (χ3v) is 4.66. The van der Waals surface area contributed by atoms with Crippen LogP contribution in [0.4, 0.5) is 0 Å². The first-order valence-electron chi connectivity index (χ1n) is 8.84. The highest BCUT2D eigenvalue weighted by Crippen LogP contribution is 2.43. The predicted molar refractivity (Wildman–Crippen MR) is 109 cm³/mol. The Bertz CT molecular complexity index is 1130. The van der Waals surface area contributed by atoms with Crippen molar-refractivity contribution in [2.75, 3.05) is 28.4 Å². The lowest BCUT2D eigenvalue weighted by atomic mass is 10.0. The molecular weight excluding hydrogens is 372 g/mol. The number of aromatic amines is 1. The second-order valence-electron chi connectivity index (χ2n) is 6.16. The van der Waals surface area contributed by atoms with E-state index in [1.54, 1.807) is 40.8 Å². The van der Waals surface area contributed by atoms with E-state index in [4.69, 9.17) is 18.9 Å². The summed E-state index contributed by atoms with van der Waals surface area (Å²) in [6.07, 6.45) is 3.50. The molecule has 8 nitrogen and oxygen atoms in total. The smallest absolute Gasteiger partial charge is 0.212 e. The number of benzene rings is 1. The Morgan fingerprint density at radius 1 is 0.793 bits per heavy atom. The monoisotopic (exact) mass is 392 g/mol. The van der Waals surface area contributed by atoms with Crippen LogP contribution in [-0.2, 0) is 0 Å². The zero-order valence-corrected chi connectivity index (χ0v) is 16.5. The molecule has 0 fully saturated rings. The van der Waals surface area contributed by atoms with E-state index in [1.165, 1.54) is 0 Å². The molecule has 1 N–H and O–H groups in total. The zero-order chi connectivity index (χ0) is 20.4. The number of H-pyrrole nitrogens is 1. The Morgan fingerprint density at radius 2 is 1.55 bits per heavy atom. The maximum Gasteiger partial charge on any atom is 0.212 e. The molecule has 3 aromatic heterocycles. The number of hydrogen-bond donors (Lipinski definition) is 1. The molecule has 0 bridgehead atoms. The molecule has 0 saturated heterocycles. The number of pyridine rings is 2. The predicted octanol–water partition coefficient (Wildman–Crippen LogP) is 3.72. The first kappa shape index (κ1) is 18.5. The van der Waals surface area contributed by atoms with Crippen LogP contribution in [0.1, 0.15) is 0 Å². The molecule has 0 radical (unpaired) electrons. The van der Waals surface area contributed by atoms with E-state index < -0.39 is 0 Å². The van der Waals surface area contributed by atoms with Gasteiger partial charge in [-0.15, -0.1) is 0 Å². The fourth-order valence-electron chi connectivity index (χ4n) is 3.28. The summed E-state index contributed by atoms with van der Waals surface area (Å²) in [4.78, 5) is 8.73. The van der Waals surface area contributed by atoms with E-state index in [-0.39, 0.29) is 0 Å². The van der Waals surface area contributed by atoms with Crippen molar-refractivity contribution in [3.8, 4) is 45.5 Å². The molecule has 0 saturated carbocycles. The van der Waals surface area contributed by atoms with E-state index >= 15 is 0 Å². The van der Waals surface area contributed by atoms with Gasteiger partial charge in [0.15, 0.2) is 17.1 Å². The fraction of sp³-hybridized carbons (Fsp3) is 0.190. The lowest BCUT2D eigenvalue weighted by Crippen LogP contribution is -1.96. The standard InChI is InChI=1S/C21H20N4O4/c1-26-15-9-13(10-16(27-2)20(15)29-4)19-18-14(7-8-22-21(18)25-24-19)12-5-6-17(28-3)23-11-12/h5-11H,1-4H3,(H,22,24,25). The molecule has 0 atom stereocenters. The molecular formula is C21H20N4O4. The van der Waals surface area contributed by atoms with Crippen molar-refractivity contribution >= 4 is 11.0 Å². The largest absolute Gasteiger partial charge is 0.493 e. The van der Waals surface area contributed by atoms with E-state index in [1.807, 2.05) is 30.3 Å². The normalized spacial score (nSPS) is 10.8. The fourth-order valence-corrected chi connectivity index (χ4v) is 3.28. The highest BCUT2D eigenvalue weighted by molar-refractivity contribution is 6.02.